The second-order valence-electron chi connectivity index (χ2n) is 5.92. The Kier molecular flexibility index (Phi) is 3.14. The fourth-order valence-electron chi connectivity index (χ4n) is 3.81. The van der Waals surface area contributed by atoms with Gasteiger partial charge in [0.25, 0.3) is 0 Å². The van der Waals surface area contributed by atoms with Gasteiger partial charge >= 0.3 is 0 Å². The molecule has 4 rings (SSSR count). The van der Waals surface area contributed by atoms with Crippen molar-refractivity contribution in [3.8, 4) is 5.75 Å². The third kappa shape index (κ3) is 1.92. The Morgan fingerprint density at radius 2 is 1.91 bits per heavy atom. The number of hydrogen-bond donors (Lipinski definition) is 1. The van der Waals surface area contributed by atoms with Crippen LogP contribution in [0, 0.1) is 11.7 Å². The Hall–Kier alpha value is -2.29. The minimum Gasteiger partial charge on any atom is -0.496 e. The molecule has 0 fully saturated rings. The number of anilines is 1. The highest BCUT2D eigenvalue weighted by atomic mass is 19.1. The van der Waals surface area contributed by atoms with Crippen LogP contribution >= 0.6 is 0 Å². The third-order valence-electron chi connectivity index (χ3n) is 4.82. The van der Waals surface area contributed by atoms with Crippen LogP contribution in [0.4, 0.5) is 10.1 Å². The highest BCUT2D eigenvalue weighted by Crippen LogP contribution is 2.51. The van der Waals surface area contributed by atoms with E-state index in [0.717, 1.165) is 23.3 Å². The van der Waals surface area contributed by atoms with Crippen molar-refractivity contribution in [2.24, 2.45) is 5.92 Å². The zero-order valence-corrected chi connectivity index (χ0v) is 12.4. The molecule has 0 unspecified atom stereocenters. The molecule has 3 heteroatoms. The quantitative estimate of drug-likeness (QED) is 0.814. The van der Waals surface area contributed by atoms with Crippen molar-refractivity contribution in [1.82, 2.24) is 0 Å². The van der Waals surface area contributed by atoms with Crippen LogP contribution in [0.2, 0.25) is 0 Å². The van der Waals surface area contributed by atoms with Crippen molar-refractivity contribution in [3.05, 3.63) is 71.6 Å². The Bertz CT molecular complexity index is 740. The zero-order chi connectivity index (χ0) is 15.1. The maximum atomic E-state index is 14.3. The predicted octanol–water partition coefficient (Wildman–Crippen LogP) is 4.66. The maximum Gasteiger partial charge on any atom is 0.146 e. The van der Waals surface area contributed by atoms with E-state index in [1.165, 1.54) is 6.07 Å². The molecule has 0 bridgehead atoms. The second-order valence-corrected chi connectivity index (χ2v) is 5.92. The molecule has 0 amide bonds. The van der Waals surface area contributed by atoms with E-state index in [1.54, 1.807) is 13.2 Å². The van der Waals surface area contributed by atoms with E-state index in [-0.39, 0.29) is 17.8 Å². The van der Waals surface area contributed by atoms with Crippen LogP contribution in [0.5, 0.6) is 5.75 Å². The van der Waals surface area contributed by atoms with Crippen molar-refractivity contribution in [2.75, 3.05) is 12.4 Å². The van der Waals surface area contributed by atoms with Crippen LogP contribution in [0.1, 0.15) is 29.5 Å². The summed E-state index contributed by atoms with van der Waals surface area (Å²) in [5.74, 6) is 1.33. The van der Waals surface area contributed by atoms with Crippen LogP contribution in [0.25, 0.3) is 0 Å². The SMILES string of the molecule is COc1ccccc1[C@@H]1Nc2c(F)cccc2[C@@H]2C=CC[C@H]21. The minimum absolute atomic E-state index is 0.0561. The molecule has 0 saturated carbocycles. The monoisotopic (exact) mass is 295 g/mol. The molecule has 0 saturated heterocycles. The van der Waals surface area contributed by atoms with Gasteiger partial charge in [-0.3, -0.25) is 0 Å². The smallest absolute Gasteiger partial charge is 0.146 e. The fourth-order valence-corrected chi connectivity index (χ4v) is 3.81. The van der Waals surface area contributed by atoms with Gasteiger partial charge in [0.15, 0.2) is 0 Å². The highest BCUT2D eigenvalue weighted by Gasteiger charge is 2.39. The molecule has 112 valence electrons. The number of ether oxygens (including phenoxy) is 1. The number of para-hydroxylation sites is 2. The summed E-state index contributed by atoms with van der Waals surface area (Å²) < 4.78 is 19.8. The molecule has 2 aromatic rings. The van der Waals surface area contributed by atoms with Gasteiger partial charge < -0.3 is 10.1 Å². The topological polar surface area (TPSA) is 21.3 Å². The average molecular weight is 295 g/mol. The number of methoxy groups -OCH3 is 1. The lowest BCUT2D eigenvalue weighted by Crippen LogP contribution is -2.30. The minimum atomic E-state index is -0.184. The number of benzene rings is 2. The van der Waals surface area contributed by atoms with E-state index in [1.807, 2.05) is 24.3 Å². The molecule has 0 spiro atoms. The summed E-state index contributed by atoms with van der Waals surface area (Å²) in [5.41, 5.74) is 2.79. The summed E-state index contributed by atoms with van der Waals surface area (Å²) in [6, 6.07) is 13.4. The van der Waals surface area contributed by atoms with E-state index < -0.39 is 0 Å². The van der Waals surface area contributed by atoms with Crippen LogP contribution < -0.4 is 10.1 Å². The van der Waals surface area contributed by atoms with Gasteiger partial charge in [0.05, 0.1) is 18.8 Å². The molecule has 1 N–H and O–H groups in total. The lowest BCUT2D eigenvalue weighted by Gasteiger charge is -2.38. The Labute approximate surface area is 129 Å². The molecule has 0 aromatic heterocycles. The van der Waals surface area contributed by atoms with Gasteiger partial charge in [-0.05, 0) is 30.0 Å². The number of halogens is 1. The molecular formula is C19H18FNO. The third-order valence-corrected chi connectivity index (χ3v) is 4.82. The van der Waals surface area contributed by atoms with Gasteiger partial charge in [-0.25, -0.2) is 4.39 Å². The second kappa shape index (κ2) is 5.16. The maximum absolute atomic E-state index is 14.3. The predicted molar refractivity (Wildman–Crippen MR) is 85.7 cm³/mol. The molecule has 1 heterocycles. The molecule has 1 aliphatic carbocycles. The summed E-state index contributed by atoms with van der Waals surface area (Å²) >= 11 is 0. The average Bonchev–Trinajstić information content (AvgIpc) is 3.04. The van der Waals surface area contributed by atoms with Gasteiger partial charge in [0, 0.05) is 11.5 Å². The van der Waals surface area contributed by atoms with Gasteiger partial charge in [-0.2, -0.15) is 0 Å². The van der Waals surface area contributed by atoms with Crippen molar-refractivity contribution in [2.45, 2.75) is 18.4 Å². The van der Waals surface area contributed by atoms with E-state index in [0.29, 0.717) is 11.6 Å². The van der Waals surface area contributed by atoms with E-state index >= 15 is 0 Å². The Balaban J connectivity index is 1.84. The van der Waals surface area contributed by atoms with Crippen LogP contribution in [-0.4, -0.2) is 7.11 Å². The molecule has 2 aliphatic rings. The van der Waals surface area contributed by atoms with Crippen molar-refractivity contribution in [1.29, 1.82) is 0 Å². The standard InChI is InChI=1S/C19H18FNO/c1-22-17-11-3-2-6-15(17)18-13-8-4-7-12(13)14-9-5-10-16(20)19(14)21-18/h2-7,9-13,18,21H,8H2,1H3/t12-,13-,18-/m1/s1. The fraction of sp³-hybridized carbons (Fsp3) is 0.263. The molecule has 2 nitrogen and oxygen atoms in total. The Morgan fingerprint density at radius 1 is 1.09 bits per heavy atom. The lowest BCUT2D eigenvalue weighted by molar-refractivity contribution is 0.379. The van der Waals surface area contributed by atoms with Gasteiger partial charge in [0.1, 0.15) is 11.6 Å². The first-order valence-corrected chi connectivity index (χ1v) is 7.64. The Morgan fingerprint density at radius 3 is 2.77 bits per heavy atom. The van der Waals surface area contributed by atoms with Crippen molar-refractivity contribution < 1.29 is 9.13 Å². The number of hydrogen-bond acceptors (Lipinski definition) is 2. The first-order valence-electron chi connectivity index (χ1n) is 7.64. The molecule has 0 radical (unpaired) electrons. The largest absolute Gasteiger partial charge is 0.496 e. The molecule has 2 aromatic carbocycles. The number of fused-ring (bicyclic) bond motifs is 3. The lowest BCUT2D eigenvalue weighted by atomic mass is 9.77. The molecule has 22 heavy (non-hydrogen) atoms. The van der Waals surface area contributed by atoms with Gasteiger partial charge in [-0.1, -0.05) is 42.5 Å². The first-order chi connectivity index (χ1) is 10.8. The van der Waals surface area contributed by atoms with Crippen LogP contribution in [0.15, 0.2) is 54.6 Å². The van der Waals surface area contributed by atoms with Gasteiger partial charge in [-0.15, -0.1) is 0 Å². The summed E-state index contributed by atoms with van der Waals surface area (Å²) in [6.07, 6.45) is 5.42. The summed E-state index contributed by atoms with van der Waals surface area (Å²) in [6.45, 7) is 0. The summed E-state index contributed by atoms with van der Waals surface area (Å²) in [4.78, 5) is 0. The van der Waals surface area contributed by atoms with E-state index in [2.05, 4.69) is 23.5 Å². The molecule has 3 atom stereocenters. The van der Waals surface area contributed by atoms with Crippen molar-refractivity contribution >= 4 is 5.69 Å². The number of nitrogens with one attached hydrogen (secondary N) is 1. The number of allylic oxidation sites excluding steroid dienone is 2. The highest BCUT2D eigenvalue weighted by molar-refractivity contribution is 5.61. The van der Waals surface area contributed by atoms with Crippen LogP contribution in [-0.2, 0) is 0 Å². The zero-order valence-electron chi connectivity index (χ0n) is 12.4. The summed E-state index contributed by atoms with van der Waals surface area (Å²) in [7, 11) is 1.68. The van der Waals surface area contributed by atoms with Crippen molar-refractivity contribution in [3.63, 3.8) is 0 Å². The molecular weight excluding hydrogens is 277 g/mol. The normalized spacial score (nSPS) is 25.3. The molecule has 1 aliphatic heterocycles. The van der Waals surface area contributed by atoms with Gasteiger partial charge in [0.2, 0.25) is 0 Å². The van der Waals surface area contributed by atoms with E-state index in [9.17, 15) is 4.39 Å². The summed E-state index contributed by atoms with van der Waals surface area (Å²) in [5, 5.41) is 3.43. The van der Waals surface area contributed by atoms with E-state index in [4.69, 9.17) is 4.74 Å². The van der Waals surface area contributed by atoms with Crippen LogP contribution in [0.3, 0.4) is 0 Å². The number of rotatable bonds is 2. The first kappa shape index (κ1) is 13.4.